The lowest BCUT2D eigenvalue weighted by molar-refractivity contribution is 0.205. The smallest absolute Gasteiger partial charge is 0.132 e. The summed E-state index contributed by atoms with van der Waals surface area (Å²) in [6.45, 7) is 8.29. The molecule has 1 aromatic heterocycles. The maximum Gasteiger partial charge on any atom is 0.132 e. The second-order valence-electron chi connectivity index (χ2n) is 4.86. The number of hydrogen-bond donors (Lipinski definition) is 1. The van der Waals surface area contributed by atoms with Crippen LogP contribution in [0.5, 0.6) is 0 Å². The molecule has 0 amide bonds. The second-order valence-corrected chi connectivity index (χ2v) is 4.86. The van der Waals surface area contributed by atoms with Gasteiger partial charge in [-0.1, -0.05) is 18.7 Å². The van der Waals surface area contributed by atoms with Crippen molar-refractivity contribution in [3.05, 3.63) is 54.6 Å². The van der Waals surface area contributed by atoms with Crippen LogP contribution in [0.4, 0.5) is 0 Å². The number of hydrogen-bond acceptors (Lipinski definition) is 3. The Morgan fingerprint density at radius 1 is 1.55 bits per heavy atom. The molecular weight excluding hydrogens is 250 g/mol. The van der Waals surface area contributed by atoms with Gasteiger partial charge < -0.3 is 10.1 Å². The van der Waals surface area contributed by atoms with Gasteiger partial charge in [0.05, 0.1) is 11.7 Å². The highest BCUT2D eigenvalue weighted by Gasteiger charge is 2.15. The van der Waals surface area contributed by atoms with Gasteiger partial charge in [0.1, 0.15) is 12.4 Å². The molecule has 108 valence electrons. The topological polar surface area (TPSA) is 39.1 Å². The number of rotatable bonds is 6. The van der Waals surface area contributed by atoms with Crippen molar-refractivity contribution in [2.24, 2.45) is 0 Å². The van der Waals surface area contributed by atoms with Crippen LogP contribution >= 0.6 is 0 Å². The van der Waals surface area contributed by atoms with Crippen molar-refractivity contribution in [2.45, 2.75) is 32.4 Å². The summed E-state index contributed by atoms with van der Waals surface area (Å²) in [6.07, 6.45) is 11.8. The highest BCUT2D eigenvalue weighted by molar-refractivity contribution is 5.17. The molecule has 0 radical (unpaired) electrons. The van der Waals surface area contributed by atoms with Crippen LogP contribution in [0.2, 0.25) is 0 Å². The minimum atomic E-state index is 0.488. The lowest BCUT2D eigenvalue weighted by atomic mass is 10.1. The van der Waals surface area contributed by atoms with E-state index >= 15 is 0 Å². The Bertz CT molecular complexity index is 482. The van der Waals surface area contributed by atoms with Crippen LogP contribution in [-0.4, -0.2) is 22.9 Å². The SMILES string of the molecule is C=C/C=C(\C=C/C)OCc1ccn(C2CCNCC2)n1. The largest absolute Gasteiger partial charge is 0.487 e. The standard InChI is InChI=1S/C16H23N3O/c1-3-5-16(6-4-2)20-13-14-9-12-19(18-14)15-7-10-17-11-8-15/h3-6,9,12,15,17H,1,7-8,10-11,13H2,2H3/b6-4-,16-5+. The van der Waals surface area contributed by atoms with Gasteiger partial charge in [-0.15, -0.1) is 0 Å². The summed E-state index contributed by atoms with van der Waals surface area (Å²) >= 11 is 0. The summed E-state index contributed by atoms with van der Waals surface area (Å²) in [4.78, 5) is 0. The molecule has 1 aliphatic rings. The van der Waals surface area contributed by atoms with E-state index in [1.807, 2.05) is 31.2 Å². The number of ether oxygens (including phenoxy) is 1. The number of aromatic nitrogens is 2. The average molecular weight is 273 g/mol. The summed E-state index contributed by atoms with van der Waals surface area (Å²) in [5.41, 5.74) is 0.961. The van der Waals surface area contributed by atoms with Crippen molar-refractivity contribution >= 4 is 0 Å². The number of nitrogens with one attached hydrogen (secondary N) is 1. The Morgan fingerprint density at radius 3 is 3.05 bits per heavy atom. The fraction of sp³-hybridized carbons (Fsp3) is 0.438. The molecule has 4 heteroatoms. The van der Waals surface area contributed by atoms with Gasteiger partial charge >= 0.3 is 0 Å². The zero-order valence-corrected chi connectivity index (χ0v) is 12.1. The molecule has 0 spiro atoms. The van der Waals surface area contributed by atoms with Gasteiger partial charge in [0, 0.05) is 6.20 Å². The summed E-state index contributed by atoms with van der Waals surface area (Å²) in [5.74, 6) is 0.805. The Morgan fingerprint density at radius 2 is 2.35 bits per heavy atom. The highest BCUT2D eigenvalue weighted by atomic mass is 16.5. The number of piperidine rings is 1. The van der Waals surface area contributed by atoms with Gasteiger partial charge in [0.2, 0.25) is 0 Å². The van der Waals surface area contributed by atoms with E-state index in [2.05, 4.69) is 27.9 Å². The molecule has 0 saturated carbocycles. The molecule has 0 unspecified atom stereocenters. The molecule has 0 atom stereocenters. The van der Waals surface area contributed by atoms with Crippen molar-refractivity contribution in [3.8, 4) is 0 Å². The van der Waals surface area contributed by atoms with Crippen LogP contribution in [0.3, 0.4) is 0 Å². The maximum atomic E-state index is 5.72. The van der Waals surface area contributed by atoms with Crippen molar-refractivity contribution in [1.82, 2.24) is 15.1 Å². The zero-order chi connectivity index (χ0) is 14.2. The fourth-order valence-corrected chi connectivity index (χ4v) is 2.32. The van der Waals surface area contributed by atoms with E-state index < -0.39 is 0 Å². The molecule has 1 N–H and O–H groups in total. The molecule has 1 fully saturated rings. The van der Waals surface area contributed by atoms with Gasteiger partial charge in [-0.2, -0.15) is 5.10 Å². The van der Waals surface area contributed by atoms with E-state index in [0.717, 1.165) is 37.4 Å². The quantitative estimate of drug-likeness (QED) is 0.640. The summed E-state index contributed by atoms with van der Waals surface area (Å²) in [5, 5.41) is 7.98. The molecule has 20 heavy (non-hydrogen) atoms. The van der Waals surface area contributed by atoms with Gasteiger partial charge in [0.25, 0.3) is 0 Å². The van der Waals surface area contributed by atoms with E-state index in [1.54, 1.807) is 6.08 Å². The first-order valence-corrected chi connectivity index (χ1v) is 7.16. The summed E-state index contributed by atoms with van der Waals surface area (Å²) in [6, 6.07) is 2.55. The Labute approximate surface area is 120 Å². The van der Waals surface area contributed by atoms with E-state index in [4.69, 9.17) is 4.74 Å². The maximum absolute atomic E-state index is 5.72. The number of nitrogens with zero attached hydrogens (tertiary/aromatic N) is 2. The molecular formula is C16H23N3O. The first-order chi connectivity index (χ1) is 9.83. The number of allylic oxidation sites excluding steroid dienone is 4. The van der Waals surface area contributed by atoms with Gasteiger partial charge in [-0.3, -0.25) is 4.68 Å². The third-order valence-electron chi connectivity index (χ3n) is 3.35. The molecule has 1 aromatic rings. The Hall–Kier alpha value is -1.81. The van der Waals surface area contributed by atoms with E-state index in [9.17, 15) is 0 Å². The van der Waals surface area contributed by atoms with Gasteiger partial charge in [-0.25, -0.2) is 0 Å². The predicted molar refractivity (Wildman–Crippen MR) is 81.3 cm³/mol. The monoisotopic (exact) mass is 273 g/mol. The van der Waals surface area contributed by atoms with Crippen LogP contribution in [0.25, 0.3) is 0 Å². The molecule has 1 saturated heterocycles. The van der Waals surface area contributed by atoms with Crippen LogP contribution in [-0.2, 0) is 11.3 Å². The van der Waals surface area contributed by atoms with Crippen LogP contribution in [0, 0.1) is 0 Å². The van der Waals surface area contributed by atoms with Crippen molar-refractivity contribution in [1.29, 1.82) is 0 Å². The third-order valence-corrected chi connectivity index (χ3v) is 3.35. The minimum absolute atomic E-state index is 0.488. The third kappa shape index (κ3) is 4.10. The first kappa shape index (κ1) is 14.6. The second kappa shape index (κ2) is 7.70. The molecule has 0 aliphatic carbocycles. The molecule has 2 heterocycles. The lowest BCUT2D eigenvalue weighted by Crippen LogP contribution is -2.29. The Kier molecular flexibility index (Phi) is 5.62. The van der Waals surface area contributed by atoms with Crippen LogP contribution in [0.1, 0.15) is 31.5 Å². The zero-order valence-electron chi connectivity index (χ0n) is 12.1. The Balaban J connectivity index is 1.92. The van der Waals surface area contributed by atoms with Crippen LogP contribution in [0.15, 0.2) is 48.9 Å². The average Bonchev–Trinajstić information content (AvgIpc) is 2.95. The van der Waals surface area contributed by atoms with E-state index in [-0.39, 0.29) is 0 Å². The molecule has 4 nitrogen and oxygen atoms in total. The van der Waals surface area contributed by atoms with Crippen molar-refractivity contribution in [2.75, 3.05) is 13.1 Å². The molecule has 2 rings (SSSR count). The highest BCUT2D eigenvalue weighted by Crippen LogP contribution is 2.18. The first-order valence-electron chi connectivity index (χ1n) is 7.16. The summed E-state index contributed by atoms with van der Waals surface area (Å²) in [7, 11) is 0. The van der Waals surface area contributed by atoms with Gasteiger partial charge in [0.15, 0.2) is 0 Å². The normalized spacial score (nSPS) is 17.6. The predicted octanol–water partition coefficient (Wildman–Crippen LogP) is 2.97. The van der Waals surface area contributed by atoms with Crippen molar-refractivity contribution in [3.63, 3.8) is 0 Å². The molecule has 0 bridgehead atoms. The van der Waals surface area contributed by atoms with Gasteiger partial charge in [-0.05, 0) is 51.1 Å². The fourth-order valence-electron chi connectivity index (χ4n) is 2.32. The van der Waals surface area contributed by atoms with Crippen molar-refractivity contribution < 1.29 is 4.74 Å². The lowest BCUT2D eigenvalue weighted by Gasteiger charge is -2.22. The minimum Gasteiger partial charge on any atom is -0.487 e. The van der Waals surface area contributed by atoms with E-state index in [1.165, 1.54) is 0 Å². The summed E-state index contributed by atoms with van der Waals surface area (Å²) < 4.78 is 7.80. The molecule has 0 aromatic carbocycles. The van der Waals surface area contributed by atoms with Crippen LogP contribution < -0.4 is 5.32 Å². The van der Waals surface area contributed by atoms with E-state index in [0.29, 0.717) is 12.6 Å². The molecule has 1 aliphatic heterocycles.